The molecule has 0 aliphatic heterocycles. The van der Waals surface area contributed by atoms with Gasteiger partial charge in [-0.15, -0.1) is 0 Å². The molecule has 0 amide bonds. The van der Waals surface area contributed by atoms with Crippen molar-refractivity contribution in [3.05, 3.63) is 0 Å². The fraction of sp³-hybridized carbons (Fsp3) is 1.00. The van der Waals surface area contributed by atoms with E-state index >= 15 is 0 Å². The summed E-state index contributed by atoms with van der Waals surface area (Å²) in [7, 11) is -1.36. The van der Waals surface area contributed by atoms with Crippen molar-refractivity contribution in [2.24, 2.45) is 0 Å². The molecule has 0 heterocycles. The summed E-state index contributed by atoms with van der Waals surface area (Å²) in [6.45, 7) is 5.98. The van der Waals surface area contributed by atoms with E-state index in [0.717, 1.165) is 0 Å². The molecule has 26 valence electrons. The van der Waals surface area contributed by atoms with Crippen molar-refractivity contribution in [2.75, 3.05) is 0 Å². The Morgan fingerprint density at radius 1 is 1.50 bits per heavy atom. The van der Waals surface area contributed by atoms with Crippen LogP contribution in [0.5, 0.6) is 0 Å². The van der Waals surface area contributed by atoms with Crippen LogP contribution in [0.15, 0.2) is 0 Å². The molecular formula is C3H10Si. The maximum Gasteiger partial charge on any atom is 0.0274 e. The van der Waals surface area contributed by atoms with Gasteiger partial charge in [0, 0.05) is 9.96 Å². The standard InChI is InChI=1S/C3H10Si/c1-4(2)3/h4H,1-3H3/i4T. The van der Waals surface area contributed by atoms with Gasteiger partial charge in [-0.05, 0) is 0 Å². The van der Waals surface area contributed by atoms with E-state index in [-0.39, 0.29) is 0 Å². The third-order valence-corrected chi connectivity index (χ3v) is 0. The second-order valence-corrected chi connectivity index (χ2v) is 4.50. The van der Waals surface area contributed by atoms with Crippen LogP contribution in [0.1, 0.15) is 0 Å². The maximum atomic E-state index is 7.08. The van der Waals surface area contributed by atoms with Crippen molar-refractivity contribution in [1.29, 1.82) is 1.23 Å². The number of rotatable bonds is 0. The predicted octanol–water partition coefficient (Wildman–Crippen LogP) is 1.10. The summed E-state index contributed by atoms with van der Waals surface area (Å²) in [5.41, 5.74) is 0. The Hall–Kier alpha value is 0.217. The van der Waals surface area contributed by atoms with Gasteiger partial charge in [-0.25, -0.2) is 0 Å². The molecule has 0 rings (SSSR count). The van der Waals surface area contributed by atoms with Crippen LogP contribution in [0, 0.1) is 0 Å². The van der Waals surface area contributed by atoms with Gasteiger partial charge >= 0.3 is 0 Å². The van der Waals surface area contributed by atoms with Crippen LogP contribution < -0.4 is 0 Å². The number of hydrogen-bond donors (Lipinski definition) is 0. The summed E-state index contributed by atoms with van der Waals surface area (Å²) in [6.07, 6.45) is 0. The van der Waals surface area contributed by atoms with Gasteiger partial charge in [0.1, 0.15) is 0 Å². The molecule has 0 saturated heterocycles. The number of hydrogen-bond acceptors (Lipinski definition) is 0. The zero-order valence-electron chi connectivity index (χ0n) is 4.50. The highest BCUT2D eigenvalue weighted by molar-refractivity contribution is 6.54. The van der Waals surface area contributed by atoms with Crippen molar-refractivity contribution in [2.45, 2.75) is 19.6 Å². The topological polar surface area (TPSA) is 0 Å². The zero-order valence-corrected chi connectivity index (χ0v) is 4.50. The summed E-state index contributed by atoms with van der Waals surface area (Å²) in [4.78, 5) is 0. The Labute approximate surface area is 30.7 Å². The van der Waals surface area contributed by atoms with Crippen LogP contribution in [0.4, 0.5) is 0 Å². The van der Waals surface area contributed by atoms with E-state index in [1.165, 1.54) is 0 Å². The van der Waals surface area contributed by atoms with Crippen molar-refractivity contribution in [3.63, 3.8) is 0 Å². The lowest BCUT2D eigenvalue weighted by Crippen LogP contribution is -1.84. The van der Waals surface area contributed by atoms with Crippen molar-refractivity contribution < 1.29 is 0 Å². The van der Waals surface area contributed by atoms with E-state index in [1.54, 1.807) is 0 Å². The molecule has 0 aliphatic carbocycles. The third kappa shape index (κ3) is 69.8. The Morgan fingerprint density at radius 2 is 1.50 bits per heavy atom. The highest BCUT2D eigenvalue weighted by Gasteiger charge is 1.71. The minimum atomic E-state index is -1.36. The van der Waals surface area contributed by atoms with E-state index in [4.69, 9.17) is 1.23 Å². The molecule has 0 spiro atoms. The lowest BCUT2D eigenvalue weighted by molar-refractivity contribution is 1.91. The van der Waals surface area contributed by atoms with Crippen LogP contribution in [-0.4, -0.2) is 9.96 Å². The summed E-state index contributed by atoms with van der Waals surface area (Å²) in [5.74, 6) is 0. The zero-order chi connectivity index (χ0) is 4.50. The Balaban J connectivity index is 3.02. The maximum absolute atomic E-state index is 7.08. The van der Waals surface area contributed by atoms with Gasteiger partial charge in [0.25, 0.3) is 0 Å². The van der Waals surface area contributed by atoms with E-state index in [2.05, 4.69) is 0 Å². The Morgan fingerprint density at radius 3 is 1.50 bits per heavy atom. The molecule has 0 fully saturated rings. The molecule has 0 nitrogen and oxygen atoms in total. The average Bonchev–Trinajstić information content (AvgIpc) is 0.722. The van der Waals surface area contributed by atoms with Crippen molar-refractivity contribution >= 4 is 8.73 Å². The molecule has 0 aromatic heterocycles. The lowest BCUT2D eigenvalue weighted by atomic mass is 11.8. The fourth-order valence-electron chi connectivity index (χ4n) is 0. The van der Waals surface area contributed by atoms with Gasteiger partial charge in [-0.2, -0.15) is 0 Å². The smallest absolute Gasteiger partial charge is 0.0274 e. The first-order chi connectivity index (χ1) is 2.00. The van der Waals surface area contributed by atoms with Crippen LogP contribution in [0.3, 0.4) is 0 Å². The molecule has 0 atom stereocenters. The first kappa shape index (κ1) is 2.45. The largest absolute Gasteiger partial charge is 0.0724 e. The average molecular weight is 76.2 g/mol. The van der Waals surface area contributed by atoms with Crippen LogP contribution in [0.25, 0.3) is 0 Å². The second-order valence-electron chi connectivity index (χ2n) is 1.50. The molecule has 1 heteroatoms. The molecule has 0 saturated carbocycles. The highest BCUT2D eigenvalue weighted by Crippen LogP contribution is 1.68. The van der Waals surface area contributed by atoms with E-state index in [0.29, 0.717) is 0 Å². The van der Waals surface area contributed by atoms with Gasteiger partial charge in [-0.1, -0.05) is 19.6 Å². The van der Waals surface area contributed by atoms with Crippen LogP contribution in [-0.2, 0) is 0 Å². The van der Waals surface area contributed by atoms with Gasteiger partial charge < -0.3 is 0 Å². The minimum absolute atomic E-state index is 1.36. The molecule has 0 radical (unpaired) electrons. The molecule has 0 aromatic rings. The first-order valence-corrected chi connectivity index (χ1v) is 4.50. The molecule has 0 bridgehead atoms. The molecule has 0 aromatic carbocycles. The van der Waals surface area contributed by atoms with E-state index in [1.807, 2.05) is 19.6 Å². The van der Waals surface area contributed by atoms with Gasteiger partial charge in [-0.3, -0.25) is 0 Å². The Kier molecular flexibility index (Phi) is 0.937. The summed E-state index contributed by atoms with van der Waals surface area (Å²) in [6, 6.07) is 0. The lowest BCUT2D eigenvalue weighted by Gasteiger charge is -1.75. The molecule has 0 aliphatic rings. The molecule has 0 N–H and O–H groups in total. The molecule has 4 heavy (non-hydrogen) atoms. The summed E-state index contributed by atoms with van der Waals surface area (Å²) in [5, 5.41) is 0. The Bertz CT molecular complexity index is 22.4. The van der Waals surface area contributed by atoms with Gasteiger partial charge in [0.15, 0.2) is 0 Å². The van der Waals surface area contributed by atoms with Crippen molar-refractivity contribution in [3.8, 4) is 0 Å². The van der Waals surface area contributed by atoms with E-state index in [9.17, 15) is 0 Å². The third-order valence-electron chi connectivity index (χ3n) is 0. The first-order valence-electron chi connectivity index (χ1n) is 2.00. The fourth-order valence-corrected chi connectivity index (χ4v) is 0. The van der Waals surface area contributed by atoms with Crippen molar-refractivity contribution in [1.82, 2.24) is 0 Å². The highest BCUT2D eigenvalue weighted by atomic mass is 28.3. The molecular weight excluding hydrogens is 64.1 g/mol. The van der Waals surface area contributed by atoms with E-state index < -0.39 is 8.73 Å². The summed E-state index contributed by atoms with van der Waals surface area (Å²) >= 11 is 0. The minimum Gasteiger partial charge on any atom is -0.0724 e. The second kappa shape index (κ2) is 1.53. The van der Waals surface area contributed by atoms with Gasteiger partial charge in [0.2, 0.25) is 0 Å². The summed E-state index contributed by atoms with van der Waals surface area (Å²) < 4.78 is 7.08. The SMILES string of the molecule is [3H][Si](C)(C)C. The van der Waals surface area contributed by atoms with Crippen LogP contribution >= 0.6 is 0 Å². The van der Waals surface area contributed by atoms with Gasteiger partial charge in [0.05, 0.1) is 0 Å². The predicted molar refractivity (Wildman–Crippen MR) is 24.7 cm³/mol. The monoisotopic (exact) mass is 76.1 g/mol. The molecule has 0 unspecified atom stereocenters. The quantitative estimate of drug-likeness (QED) is 0.379. The van der Waals surface area contributed by atoms with Crippen LogP contribution in [0.2, 0.25) is 19.6 Å². The normalized spacial score (nSPS) is 15.2.